The molecular weight excluding hydrogens is 272 g/mol. The Morgan fingerprint density at radius 1 is 1.46 bits per heavy atom. The van der Waals surface area contributed by atoms with Crippen LogP contribution < -0.4 is 0 Å². The summed E-state index contributed by atoms with van der Waals surface area (Å²) in [5.74, 6) is 0. The molecule has 1 atom stereocenters. The molecule has 1 nitrogen and oxygen atoms in total. The quantitative estimate of drug-likeness (QED) is 0.740. The fourth-order valence-corrected chi connectivity index (χ4v) is 3.19. The third-order valence-corrected chi connectivity index (χ3v) is 4.25. The van der Waals surface area contributed by atoms with Crippen LogP contribution in [0, 0.1) is 0 Å². The van der Waals surface area contributed by atoms with E-state index in [4.69, 9.17) is 16.0 Å². The van der Waals surface area contributed by atoms with Crippen LogP contribution in [0.5, 0.6) is 0 Å². The monoisotopic (exact) mass is 276 g/mol. The first-order valence-corrected chi connectivity index (χ1v) is 5.79. The van der Waals surface area contributed by atoms with Gasteiger partial charge in [0.15, 0.2) is 0 Å². The molecule has 13 heavy (non-hydrogen) atoms. The molecule has 2 aromatic heterocycles. The van der Waals surface area contributed by atoms with Gasteiger partial charge in [-0.2, -0.15) is 0 Å². The fourth-order valence-electron chi connectivity index (χ4n) is 1.06. The minimum absolute atomic E-state index is 0.117. The van der Waals surface area contributed by atoms with Gasteiger partial charge in [-0.15, -0.1) is 22.9 Å². The number of rotatable bonds is 2. The third-order valence-electron chi connectivity index (χ3n) is 1.71. The van der Waals surface area contributed by atoms with Crippen molar-refractivity contribution in [3.8, 4) is 0 Å². The maximum Gasteiger partial charge on any atom is 0.0969 e. The van der Waals surface area contributed by atoms with Gasteiger partial charge in [0.1, 0.15) is 0 Å². The highest BCUT2D eigenvalue weighted by molar-refractivity contribution is 9.10. The summed E-state index contributed by atoms with van der Waals surface area (Å²) < 4.78 is 6.03. The highest BCUT2D eigenvalue weighted by Crippen LogP contribution is 2.37. The second kappa shape index (κ2) is 3.86. The van der Waals surface area contributed by atoms with Crippen LogP contribution in [0.4, 0.5) is 0 Å². The normalized spacial score (nSPS) is 13.1. The summed E-state index contributed by atoms with van der Waals surface area (Å²) in [7, 11) is 0. The van der Waals surface area contributed by atoms with Crippen LogP contribution in [0.2, 0.25) is 0 Å². The van der Waals surface area contributed by atoms with E-state index in [9.17, 15) is 0 Å². The molecule has 0 radical (unpaired) electrons. The molecular formula is C9H6BrClOS. The molecule has 68 valence electrons. The third kappa shape index (κ3) is 1.82. The summed E-state index contributed by atoms with van der Waals surface area (Å²) >= 11 is 11.3. The molecule has 0 aromatic carbocycles. The SMILES string of the molecule is ClC(c1ccoc1)c1sccc1Br. The number of alkyl halides is 1. The lowest BCUT2D eigenvalue weighted by atomic mass is 10.2. The lowest BCUT2D eigenvalue weighted by Gasteiger charge is -2.04. The van der Waals surface area contributed by atoms with Gasteiger partial charge in [0.2, 0.25) is 0 Å². The Kier molecular flexibility index (Phi) is 2.77. The molecule has 0 aliphatic rings. The number of furan rings is 1. The largest absolute Gasteiger partial charge is 0.472 e. The Bertz CT molecular complexity index is 382. The van der Waals surface area contributed by atoms with Crippen molar-refractivity contribution in [2.45, 2.75) is 5.38 Å². The molecule has 0 saturated carbocycles. The van der Waals surface area contributed by atoms with Gasteiger partial charge in [-0.05, 0) is 33.4 Å². The predicted octanol–water partition coefficient (Wildman–Crippen LogP) is 4.43. The number of halogens is 2. The number of thiophene rings is 1. The molecule has 0 fully saturated rings. The van der Waals surface area contributed by atoms with Gasteiger partial charge in [-0.3, -0.25) is 0 Å². The zero-order valence-corrected chi connectivity index (χ0v) is 9.69. The molecule has 0 aliphatic heterocycles. The van der Waals surface area contributed by atoms with Crippen LogP contribution in [0.15, 0.2) is 38.9 Å². The standard InChI is InChI=1S/C9H6BrClOS/c10-7-2-4-13-9(7)8(11)6-1-3-12-5-6/h1-5,8H. The molecule has 2 heterocycles. The molecule has 0 saturated heterocycles. The van der Waals surface area contributed by atoms with E-state index < -0.39 is 0 Å². The van der Waals surface area contributed by atoms with E-state index in [-0.39, 0.29) is 5.38 Å². The zero-order chi connectivity index (χ0) is 9.26. The van der Waals surface area contributed by atoms with E-state index >= 15 is 0 Å². The second-order valence-corrected chi connectivity index (χ2v) is 4.79. The van der Waals surface area contributed by atoms with Gasteiger partial charge < -0.3 is 4.42 Å². The van der Waals surface area contributed by atoms with Crippen LogP contribution in [0.25, 0.3) is 0 Å². The zero-order valence-electron chi connectivity index (χ0n) is 6.54. The molecule has 0 amide bonds. The fraction of sp³-hybridized carbons (Fsp3) is 0.111. The minimum Gasteiger partial charge on any atom is -0.472 e. The van der Waals surface area contributed by atoms with E-state index in [1.54, 1.807) is 23.9 Å². The summed E-state index contributed by atoms with van der Waals surface area (Å²) in [5.41, 5.74) is 0.991. The highest BCUT2D eigenvalue weighted by atomic mass is 79.9. The Labute approximate surface area is 93.5 Å². The molecule has 4 heteroatoms. The van der Waals surface area contributed by atoms with Crippen LogP contribution in [-0.2, 0) is 0 Å². The number of hydrogen-bond donors (Lipinski definition) is 0. The van der Waals surface area contributed by atoms with Crippen molar-refractivity contribution in [3.05, 3.63) is 45.0 Å². The minimum atomic E-state index is -0.117. The van der Waals surface area contributed by atoms with Crippen LogP contribution >= 0.6 is 38.9 Å². The van der Waals surface area contributed by atoms with E-state index in [0.29, 0.717) is 0 Å². The highest BCUT2D eigenvalue weighted by Gasteiger charge is 2.15. The predicted molar refractivity (Wildman–Crippen MR) is 58.4 cm³/mol. The van der Waals surface area contributed by atoms with Crippen molar-refractivity contribution in [2.75, 3.05) is 0 Å². The van der Waals surface area contributed by atoms with Gasteiger partial charge in [0.25, 0.3) is 0 Å². The van der Waals surface area contributed by atoms with Gasteiger partial charge in [0.05, 0.1) is 17.9 Å². The van der Waals surface area contributed by atoms with Crippen molar-refractivity contribution >= 4 is 38.9 Å². The van der Waals surface area contributed by atoms with Crippen LogP contribution in [0.1, 0.15) is 15.8 Å². The summed E-state index contributed by atoms with van der Waals surface area (Å²) in [6.07, 6.45) is 3.30. The smallest absolute Gasteiger partial charge is 0.0969 e. The summed E-state index contributed by atoms with van der Waals surface area (Å²) in [6, 6.07) is 3.87. The first-order chi connectivity index (χ1) is 6.29. The van der Waals surface area contributed by atoms with Crippen molar-refractivity contribution in [3.63, 3.8) is 0 Å². The molecule has 1 unspecified atom stereocenters. The summed E-state index contributed by atoms with van der Waals surface area (Å²) in [4.78, 5) is 1.11. The maximum atomic E-state index is 6.24. The van der Waals surface area contributed by atoms with Crippen molar-refractivity contribution in [1.29, 1.82) is 0 Å². The van der Waals surface area contributed by atoms with Crippen molar-refractivity contribution < 1.29 is 4.42 Å². The Morgan fingerprint density at radius 2 is 2.31 bits per heavy atom. The average Bonchev–Trinajstić information content (AvgIpc) is 2.72. The van der Waals surface area contributed by atoms with Crippen LogP contribution in [0.3, 0.4) is 0 Å². The molecule has 0 N–H and O–H groups in total. The average molecular weight is 278 g/mol. The topological polar surface area (TPSA) is 13.1 Å². The Hall–Kier alpha value is -0.250. The van der Waals surface area contributed by atoms with Crippen molar-refractivity contribution in [1.82, 2.24) is 0 Å². The number of hydrogen-bond acceptors (Lipinski definition) is 2. The van der Waals surface area contributed by atoms with Crippen molar-refractivity contribution in [2.24, 2.45) is 0 Å². The van der Waals surface area contributed by atoms with E-state index in [2.05, 4.69) is 15.9 Å². The van der Waals surface area contributed by atoms with Gasteiger partial charge >= 0.3 is 0 Å². The van der Waals surface area contributed by atoms with Crippen LogP contribution in [-0.4, -0.2) is 0 Å². The van der Waals surface area contributed by atoms with E-state index in [1.165, 1.54) is 0 Å². The Morgan fingerprint density at radius 3 is 2.85 bits per heavy atom. The van der Waals surface area contributed by atoms with E-state index in [0.717, 1.165) is 14.9 Å². The summed E-state index contributed by atoms with van der Waals surface area (Å²) in [5, 5.41) is 1.89. The summed E-state index contributed by atoms with van der Waals surface area (Å²) in [6.45, 7) is 0. The Balaban J connectivity index is 2.33. The van der Waals surface area contributed by atoms with Gasteiger partial charge in [-0.1, -0.05) is 0 Å². The maximum absolute atomic E-state index is 6.24. The van der Waals surface area contributed by atoms with Gasteiger partial charge in [-0.25, -0.2) is 0 Å². The molecule has 0 spiro atoms. The molecule has 2 aromatic rings. The lowest BCUT2D eigenvalue weighted by Crippen LogP contribution is -1.87. The molecule has 0 aliphatic carbocycles. The van der Waals surface area contributed by atoms with Gasteiger partial charge in [0, 0.05) is 14.9 Å². The molecule has 0 bridgehead atoms. The lowest BCUT2D eigenvalue weighted by molar-refractivity contribution is 0.564. The second-order valence-electron chi connectivity index (χ2n) is 2.55. The van der Waals surface area contributed by atoms with E-state index in [1.807, 2.05) is 17.5 Å². The first kappa shape index (κ1) is 9.31. The first-order valence-electron chi connectivity index (χ1n) is 3.68. The molecule has 2 rings (SSSR count).